The molecule has 5 heteroatoms. The predicted molar refractivity (Wildman–Crippen MR) is 101 cm³/mol. The highest BCUT2D eigenvalue weighted by Crippen LogP contribution is 2.27. The summed E-state index contributed by atoms with van der Waals surface area (Å²) in [5.41, 5.74) is 2.37. The van der Waals surface area contributed by atoms with Crippen LogP contribution in [-0.4, -0.2) is 42.4 Å². The fourth-order valence-corrected chi connectivity index (χ4v) is 3.75. The van der Waals surface area contributed by atoms with Crippen molar-refractivity contribution < 1.29 is 9.47 Å². The second-order valence-electron chi connectivity index (χ2n) is 7.24. The molecule has 2 saturated heterocycles. The van der Waals surface area contributed by atoms with Crippen molar-refractivity contribution in [3.63, 3.8) is 0 Å². The molecule has 0 radical (unpaired) electrons. The quantitative estimate of drug-likeness (QED) is 0.824. The van der Waals surface area contributed by atoms with Crippen molar-refractivity contribution in [3.8, 4) is 0 Å². The summed E-state index contributed by atoms with van der Waals surface area (Å²) >= 11 is 0. The molecule has 2 aliphatic heterocycles. The predicted octanol–water partition coefficient (Wildman–Crippen LogP) is 3.47. The molecule has 1 atom stereocenters. The molecule has 26 heavy (non-hydrogen) atoms. The maximum atomic E-state index is 6.11. The molecule has 2 fully saturated rings. The highest BCUT2D eigenvalue weighted by atomic mass is 16.5. The van der Waals surface area contributed by atoms with Crippen LogP contribution in [0.1, 0.15) is 42.3 Å². The van der Waals surface area contributed by atoms with Crippen LogP contribution in [0, 0.1) is 6.92 Å². The second-order valence-corrected chi connectivity index (χ2v) is 7.24. The molecule has 0 saturated carbocycles. The van der Waals surface area contributed by atoms with E-state index in [-0.39, 0.29) is 0 Å². The van der Waals surface area contributed by atoms with E-state index in [2.05, 4.69) is 45.2 Å². The Morgan fingerprint density at radius 3 is 2.65 bits per heavy atom. The zero-order chi connectivity index (χ0) is 17.8. The first-order chi connectivity index (χ1) is 12.8. The van der Waals surface area contributed by atoms with E-state index in [9.17, 15) is 0 Å². The van der Waals surface area contributed by atoms with Gasteiger partial charge in [-0.3, -0.25) is 0 Å². The first kappa shape index (κ1) is 17.4. The van der Waals surface area contributed by atoms with Crippen molar-refractivity contribution in [2.45, 2.75) is 44.8 Å². The molecular weight excluding hydrogens is 326 g/mol. The molecule has 1 aromatic carbocycles. The monoisotopic (exact) mass is 353 g/mol. The molecule has 3 heterocycles. The molecule has 2 aliphatic rings. The Balaban J connectivity index is 1.34. The molecule has 4 rings (SSSR count). The summed E-state index contributed by atoms with van der Waals surface area (Å²) < 4.78 is 11.6. The van der Waals surface area contributed by atoms with E-state index in [4.69, 9.17) is 9.47 Å². The van der Waals surface area contributed by atoms with Crippen LogP contribution < -0.4 is 4.90 Å². The number of ether oxygens (including phenoxy) is 2. The summed E-state index contributed by atoms with van der Waals surface area (Å²) in [5.74, 6) is 2.33. The number of nitrogens with zero attached hydrogens (tertiary/aromatic N) is 3. The van der Waals surface area contributed by atoms with Gasteiger partial charge in [-0.2, -0.15) is 0 Å². The molecule has 0 spiro atoms. The Labute approximate surface area is 155 Å². The lowest BCUT2D eigenvalue weighted by Gasteiger charge is -2.33. The van der Waals surface area contributed by atoms with Crippen molar-refractivity contribution in [1.82, 2.24) is 9.97 Å². The minimum absolute atomic E-state index is 0.331. The van der Waals surface area contributed by atoms with Crippen molar-refractivity contribution in [1.29, 1.82) is 0 Å². The van der Waals surface area contributed by atoms with Gasteiger partial charge in [0.2, 0.25) is 0 Å². The maximum Gasteiger partial charge on any atom is 0.132 e. The number of benzene rings is 1. The van der Waals surface area contributed by atoms with Crippen LogP contribution in [0.3, 0.4) is 0 Å². The normalized spacial score (nSPS) is 21.3. The zero-order valence-corrected chi connectivity index (χ0v) is 15.4. The van der Waals surface area contributed by atoms with E-state index in [0.29, 0.717) is 18.6 Å². The Bertz CT molecular complexity index is 708. The Hall–Kier alpha value is -1.98. The second kappa shape index (κ2) is 8.14. The molecule has 138 valence electrons. The van der Waals surface area contributed by atoms with E-state index in [1.54, 1.807) is 0 Å². The minimum atomic E-state index is 0.331. The molecule has 0 aliphatic carbocycles. The molecule has 0 unspecified atom stereocenters. The zero-order valence-electron chi connectivity index (χ0n) is 15.4. The van der Waals surface area contributed by atoms with Gasteiger partial charge in [0.1, 0.15) is 11.6 Å². The lowest BCUT2D eigenvalue weighted by atomic mass is 10.0. The number of piperidine rings is 1. The Morgan fingerprint density at radius 2 is 1.92 bits per heavy atom. The van der Waals surface area contributed by atoms with Crippen LogP contribution in [0.15, 0.2) is 36.4 Å². The summed E-state index contributed by atoms with van der Waals surface area (Å²) in [6, 6.07) is 12.6. The summed E-state index contributed by atoms with van der Waals surface area (Å²) in [6.07, 6.45) is 3.47. The summed E-state index contributed by atoms with van der Waals surface area (Å²) in [6.45, 7) is 6.27. The Kier molecular flexibility index (Phi) is 5.46. The standard InChI is InChI=1S/C21H27N3O2/c1-16-22-20(18-9-12-25-15-18)13-21(23-16)24-10-7-19(8-11-24)26-14-17-5-3-2-4-6-17/h2-6,13,18-19H,7-12,14-15H2,1H3/t18-/m0/s1. The highest BCUT2D eigenvalue weighted by molar-refractivity contribution is 5.41. The van der Waals surface area contributed by atoms with Gasteiger partial charge < -0.3 is 14.4 Å². The molecule has 5 nitrogen and oxygen atoms in total. The smallest absolute Gasteiger partial charge is 0.132 e. The average molecular weight is 353 g/mol. The van der Waals surface area contributed by atoms with Gasteiger partial charge in [-0.25, -0.2) is 9.97 Å². The molecule has 2 aromatic rings. The Morgan fingerprint density at radius 1 is 1.12 bits per heavy atom. The van der Waals surface area contributed by atoms with Crippen LogP contribution in [0.25, 0.3) is 0 Å². The van der Waals surface area contributed by atoms with Crippen LogP contribution in [-0.2, 0) is 16.1 Å². The van der Waals surface area contributed by atoms with Crippen LogP contribution in [0.4, 0.5) is 5.82 Å². The van der Waals surface area contributed by atoms with Crippen LogP contribution in [0.5, 0.6) is 0 Å². The van der Waals surface area contributed by atoms with Gasteiger partial charge in [-0.1, -0.05) is 30.3 Å². The number of hydrogen-bond acceptors (Lipinski definition) is 5. The summed E-state index contributed by atoms with van der Waals surface area (Å²) in [7, 11) is 0. The third-order valence-corrected chi connectivity index (χ3v) is 5.29. The molecule has 1 aromatic heterocycles. The lowest BCUT2D eigenvalue weighted by Crippen LogP contribution is -2.37. The fourth-order valence-electron chi connectivity index (χ4n) is 3.75. The van der Waals surface area contributed by atoms with Crippen molar-refractivity contribution in [2.24, 2.45) is 0 Å². The van der Waals surface area contributed by atoms with Gasteiger partial charge in [-0.15, -0.1) is 0 Å². The van der Waals surface area contributed by atoms with E-state index in [1.165, 1.54) is 5.56 Å². The van der Waals surface area contributed by atoms with Gasteiger partial charge in [0, 0.05) is 31.7 Å². The number of aromatic nitrogens is 2. The van der Waals surface area contributed by atoms with Crippen molar-refractivity contribution >= 4 is 5.82 Å². The largest absolute Gasteiger partial charge is 0.381 e. The van der Waals surface area contributed by atoms with E-state index in [1.807, 2.05) is 13.0 Å². The minimum Gasteiger partial charge on any atom is -0.381 e. The first-order valence-electron chi connectivity index (χ1n) is 9.62. The topological polar surface area (TPSA) is 47.5 Å². The van der Waals surface area contributed by atoms with Crippen LogP contribution in [0.2, 0.25) is 0 Å². The molecular formula is C21H27N3O2. The first-order valence-corrected chi connectivity index (χ1v) is 9.62. The molecule has 0 bridgehead atoms. The van der Waals surface area contributed by atoms with Gasteiger partial charge in [0.05, 0.1) is 25.0 Å². The number of aryl methyl sites for hydroxylation is 1. The average Bonchev–Trinajstić information content (AvgIpc) is 3.22. The van der Waals surface area contributed by atoms with Crippen LogP contribution >= 0.6 is 0 Å². The maximum absolute atomic E-state index is 6.11. The SMILES string of the molecule is Cc1nc([C@H]2CCOC2)cc(N2CCC(OCc3ccccc3)CC2)n1. The third-order valence-electron chi connectivity index (χ3n) is 5.29. The van der Waals surface area contributed by atoms with Crippen molar-refractivity contribution in [2.75, 3.05) is 31.2 Å². The fraction of sp³-hybridized carbons (Fsp3) is 0.524. The van der Waals surface area contributed by atoms with Crippen molar-refractivity contribution in [3.05, 3.63) is 53.5 Å². The third kappa shape index (κ3) is 4.22. The number of rotatable bonds is 5. The number of hydrogen-bond donors (Lipinski definition) is 0. The summed E-state index contributed by atoms with van der Waals surface area (Å²) in [4.78, 5) is 11.7. The van der Waals surface area contributed by atoms with Gasteiger partial charge in [0.15, 0.2) is 0 Å². The van der Waals surface area contributed by atoms with E-state index in [0.717, 1.165) is 62.9 Å². The number of anilines is 1. The van der Waals surface area contributed by atoms with Gasteiger partial charge >= 0.3 is 0 Å². The van der Waals surface area contributed by atoms with Gasteiger partial charge in [-0.05, 0) is 31.7 Å². The molecule has 0 amide bonds. The van der Waals surface area contributed by atoms with Gasteiger partial charge in [0.25, 0.3) is 0 Å². The highest BCUT2D eigenvalue weighted by Gasteiger charge is 2.24. The molecule has 0 N–H and O–H groups in total. The van der Waals surface area contributed by atoms with E-state index >= 15 is 0 Å². The lowest BCUT2D eigenvalue weighted by molar-refractivity contribution is 0.0250. The van der Waals surface area contributed by atoms with E-state index < -0.39 is 0 Å². The summed E-state index contributed by atoms with van der Waals surface area (Å²) in [5, 5.41) is 0.